The zero-order valence-electron chi connectivity index (χ0n) is 23.0. The number of amides is 3. The van der Waals surface area contributed by atoms with Crippen molar-refractivity contribution in [2.24, 2.45) is 0 Å². The van der Waals surface area contributed by atoms with Gasteiger partial charge in [0.2, 0.25) is 5.95 Å². The summed E-state index contributed by atoms with van der Waals surface area (Å²) >= 11 is 0. The average molecular weight is 571 g/mol. The maximum absolute atomic E-state index is 13.8. The van der Waals surface area contributed by atoms with Crippen molar-refractivity contribution in [1.29, 1.82) is 0 Å². The molecule has 1 aromatic carbocycles. The number of anilines is 4. The Hall–Kier alpha value is -4.33. The van der Waals surface area contributed by atoms with Crippen molar-refractivity contribution >= 4 is 35.3 Å². The zero-order valence-corrected chi connectivity index (χ0v) is 23.0. The molecule has 3 aromatic rings. The first-order valence-electron chi connectivity index (χ1n) is 13.3. The van der Waals surface area contributed by atoms with Crippen molar-refractivity contribution in [2.45, 2.75) is 58.3 Å². The number of halogens is 2. The van der Waals surface area contributed by atoms with Crippen LogP contribution in [0.15, 0.2) is 42.9 Å². The van der Waals surface area contributed by atoms with E-state index in [1.54, 1.807) is 44.0 Å². The lowest BCUT2D eigenvalue weighted by molar-refractivity contribution is 0.0571. The van der Waals surface area contributed by atoms with Gasteiger partial charge in [0, 0.05) is 24.5 Å². The number of hydrogen-bond acceptors (Lipinski definition) is 8. The first kappa shape index (κ1) is 28.2. The fourth-order valence-corrected chi connectivity index (χ4v) is 5.00. The Balaban J connectivity index is 1.44. The smallest absolute Gasteiger partial charge is 0.414 e. The number of nitrogens with zero attached hydrogens (tertiary/aromatic N) is 7. The van der Waals surface area contributed by atoms with Gasteiger partial charge in [-0.25, -0.2) is 23.4 Å². The quantitative estimate of drug-likeness (QED) is 0.430. The summed E-state index contributed by atoms with van der Waals surface area (Å²) in [6.07, 6.45) is 1.78. The lowest BCUT2D eigenvalue weighted by Crippen LogP contribution is -2.52. The molecule has 218 valence electrons. The zero-order chi connectivity index (χ0) is 29.3. The standard InChI is InChI=1S/C27H32F2N8O4/c1-27(2,3)41-26(40)35-9-8-21(19-6-4-5-7-20(19)35)36-14-17-12-30-24(32-18-13-31-34(15-18)10-11-38)33-23(17)37(25(36)39)16-22(28)29/h4-7,12-13,15,21-22,38H,8-11,14,16H2,1-3H3,(H,30,32,33)/t21-/m1/s1. The summed E-state index contributed by atoms with van der Waals surface area (Å²) in [7, 11) is 0. The number of nitrogens with one attached hydrogen (secondary N) is 1. The molecule has 2 aliphatic rings. The van der Waals surface area contributed by atoms with Gasteiger partial charge in [0.15, 0.2) is 0 Å². The van der Waals surface area contributed by atoms with Crippen molar-refractivity contribution in [1.82, 2.24) is 24.6 Å². The third-order valence-electron chi connectivity index (χ3n) is 6.66. The van der Waals surface area contributed by atoms with Crippen LogP contribution in [0.25, 0.3) is 0 Å². The Kier molecular flexibility index (Phi) is 7.76. The number of ether oxygens (including phenoxy) is 1. The Morgan fingerprint density at radius 2 is 2.02 bits per heavy atom. The number of aromatic nitrogens is 4. The molecule has 14 heteroatoms. The predicted molar refractivity (Wildman–Crippen MR) is 146 cm³/mol. The molecular weight excluding hydrogens is 538 g/mol. The van der Waals surface area contributed by atoms with Gasteiger partial charge in [-0.2, -0.15) is 10.1 Å². The fourth-order valence-electron chi connectivity index (χ4n) is 5.00. The summed E-state index contributed by atoms with van der Waals surface area (Å²) in [4.78, 5) is 39.5. The van der Waals surface area contributed by atoms with Crippen molar-refractivity contribution in [3.8, 4) is 0 Å². The number of aliphatic hydroxyl groups is 1. The van der Waals surface area contributed by atoms with E-state index in [9.17, 15) is 18.4 Å². The van der Waals surface area contributed by atoms with Gasteiger partial charge in [0.05, 0.1) is 49.9 Å². The van der Waals surface area contributed by atoms with Gasteiger partial charge in [-0.15, -0.1) is 0 Å². The molecule has 3 amide bonds. The number of alkyl halides is 2. The number of aliphatic hydroxyl groups excluding tert-OH is 1. The first-order valence-corrected chi connectivity index (χ1v) is 13.3. The van der Waals surface area contributed by atoms with Gasteiger partial charge in [0.1, 0.15) is 11.4 Å². The van der Waals surface area contributed by atoms with Crippen LogP contribution in [0.4, 0.5) is 41.5 Å². The predicted octanol–water partition coefficient (Wildman–Crippen LogP) is 4.30. The van der Waals surface area contributed by atoms with Gasteiger partial charge in [-0.05, 0) is 38.8 Å². The molecule has 2 aliphatic heterocycles. The van der Waals surface area contributed by atoms with Crippen LogP contribution < -0.4 is 15.1 Å². The molecule has 0 bridgehead atoms. The Labute approximate surface area is 235 Å². The van der Waals surface area contributed by atoms with Crippen LogP contribution in [0.3, 0.4) is 0 Å². The van der Waals surface area contributed by atoms with Crippen molar-refractivity contribution in [3.63, 3.8) is 0 Å². The normalized spacial score (nSPS) is 17.0. The van der Waals surface area contributed by atoms with E-state index >= 15 is 0 Å². The summed E-state index contributed by atoms with van der Waals surface area (Å²) in [5.41, 5.74) is 1.69. The summed E-state index contributed by atoms with van der Waals surface area (Å²) < 4.78 is 34.6. The number of hydrogen-bond donors (Lipinski definition) is 2. The highest BCUT2D eigenvalue weighted by Crippen LogP contribution is 2.41. The molecule has 2 N–H and O–H groups in total. The number of para-hydroxylation sites is 1. The van der Waals surface area contributed by atoms with Crippen LogP contribution in [0.2, 0.25) is 0 Å². The monoisotopic (exact) mass is 570 g/mol. The molecule has 12 nitrogen and oxygen atoms in total. The molecule has 0 spiro atoms. The van der Waals surface area contributed by atoms with Gasteiger partial charge < -0.3 is 20.1 Å². The summed E-state index contributed by atoms with van der Waals surface area (Å²) in [6.45, 7) is 5.14. The third kappa shape index (κ3) is 6.06. The highest BCUT2D eigenvalue weighted by molar-refractivity contribution is 5.95. The van der Waals surface area contributed by atoms with E-state index in [1.165, 1.54) is 22.0 Å². The minimum atomic E-state index is -2.80. The third-order valence-corrected chi connectivity index (χ3v) is 6.66. The Morgan fingerprint density at radius 3 is 2.76 bits per heavy atom. The molecule has 0 saturated carbocycles. The van der Waals surface area contributed by atoms with E-state index in [2.05, 4.69) is 20.4 Å². The number of rotatable bonds is 7. The Morgan fingerprint density at radius 1 is 1.24 bits per heavy atom. The fraction of sp³-hybridized carbons (Fsp3) is 0.444. The molecule has 0 fully saturated rings. The molecule has 4 heterocycles. The number of fused-ring (bicyclic) bond motifs is 2. The molecule has 1 atom stereocenters. The molecule has 5 rings (SSSR count). The van der Waals surface area contributed by atoms with Gasteiger partial charge >= 0.3 is 12.1 Å². The minimum Gasteiger partial charge on any atom is -0.443 e. The number of benzene rings is 1. The van der Waals surface area contributed by atoms with E-state index in [0.29, 0.717) is 29.9 Å². The van der Waals surface area contributed by atoms with Gasteiger partial charge in [0.25, 0.3) is 6.43 Å². The SMILES string of the molecule is CC(C)(C)OC(=O)N1CC[C@@H](N2Cc3cnc(Nc4cnn(CCO)c4)nc3N(CC(F)F)C2=O)c2ccccc21. The average Bonchev–Trinajstić information content (AvgIpc) is 3.35. The Bertz CT molecular complexity index is 1430. The second-order valence-corrected chi connectivity index (χ2v) is 10.8. The molecular formula is C27H32F2N8O4. The van der Waals surface area contributed by atoms with Crippen molar-refractivity contribution in [2.75, 3.05) is 34.8 Å². The molecule has 2 aromatic heterocycles. The second-order valence-electron chi connectivity index (χ2n) is 10.8. The molecule has 41 heavy (non-hydrogen) atoms. The maximum atomic E-state index is 13.8. The number of carbonyl (C=O) groups excluding carboxylic acids is 2. The summed E-state index contributed by atoms with van der Waals surface area (Å²) in [5, 5.41) is 16.2. The molecule has 0 unspecified atom stereocenters. The van der Waals surface area contributed by atoms with Crippen LogP contribution >= 0.6 is 0 Å². The van der Waals surface area contributed by atoms with Crippen LogP contribution in [-0.2, 0) is 17.8 Å². The first-order chi connectivity index (χ1) is 19.5. The van der Waals surface area contributed by atoms with Gasteiger partial charge in [-0.3, -0.25) is 14.5 Å². The number of urea groups is 1. The van der Waals surface area contributed by atoms with Crippen molar-refractivity contribution < 1.29 is 28.2 Å². The molecule has 0 saturated heterocycles. The largest absolute Gasteiger partial charge is 0.443 e. The van der Waals surface area contributed by atoms with Gasteiger partial charge in [-0.1, -0.05) is 18.2 Å². The van der Waals surface area contributed by atoms with E-state index in [-0.39, 0.29) is 31.5 Å². The minimum absolute atomic E-state index is 0.0812. The van der Waals surface area contributed by atoms with E-state index in [1.807, 2.05) is 12.1 Å². The lowest BCUT2D eigenvalue weighted by Gasteiger charge is -2.44. The van der Waals surface area contributed by atoms with E-state index < -0.39 is 36.7 Å². The summed E-state index contributed by atoms with van der Waals surface area (Å²) in [5.74, 6) is 0.218. The van der Waals surface area contributed by atoms with Crippen LogP contribution in [0, 0.1) is 0 Å². The second kappa shape index (κ2) is 11.3. The molecule has 0 radical (unpaired) electrons. The summed E-state index contributed by atoms with van der Waals surface area (Å²) in [6, 6.07) is 6.15. The highest BCUT2D eigenvalue weighted by atomic mass is 19.3. The van der Waals surface area contributed by atoms with Crippen LogP contribution in [0.5, 0.6) is 0 Å². The van der Waals surface area contributed by atoms with E-state index in [0.717, 1.165) is 10.5 Å². The highest BCUT2D eigenvalue weighted by Gasteiger charge is 2.41. The topological polar surface area (TPSA) is 129 Å². The van der Waals surface area contributed by atoms with Crippen LogP contribution in [-0.4, -0.2) is 73.6 Å². The van der Waals surface area contributed by atoms with E-state index in [4.69, 9.17) is 9.84 Å². The van der Waals surface area contributed by atoms with Crippen LogP contribution in [0.1, 0.15) is 44.4 Å². The molecule has 0 aliphatic carbocycles. The van der Waals surface area contributed by atoms with Crippen molar-refractivity contribution in [3.05, 3.63) is 54.0 Å². The lowest BCUT2D eigenvalue weighted by atomic mass is 9.94. The number of carbonyl (C=O) groups is 2. The maximum Gasteiger partial charge on any atom is 0.414 e.